The molecular weight excluding hydrogens is 397 g/mol. The van der Waals surface area contributed by atoms with Crippen molar-refractivity contribution in [2.24, 2.45) is 0 Å². The summed E-state index contributed by atoms with van der Waals surface area (Å²) in [6.45, 7) is 2.24. The normalized spacial score (nSPS) is 13.5. The standard InChI is InChI=1S/C23H24FN5O2/c24-18-7-4-8-20(14-18)31-22-17(6-5-11-25-22)15-27-23(30)28-19-9-10-21(26-16-19)29-12-2-1-3-13-29/h4-11,14,16H,1-3,12-13,15H2,(H2,27,28,30). The molecule has 1 saturated heterocycles. The Morgan fingerprint density at radius 3 is 2.71 bits per heavy atom. The molecule has 2 aromatic heterocycles. The van der Waals surface area contributed by atoms with Crippen molar-refractivity contribution < 1.29 is 13.9 Å². The summed E-state index contributed by atoms with van der Waals surface area (Å²) in [4.78, 5) is 23.2. The number of nitrogens with zero attached hydrogens (tertiary/aromatic N) is 3. The first-order chi connectivity index (χ1) is 15.2. The number of pyridine rings is 2. The molecule has 0 saturated carbocycles. The van der Waals surface area contributed by atoms with Crippen LogP contribution < -0.4 is 20.3 Å². The summed E-state index contributed by atoms with van der Waals surface area (Å²) in [5.74, 6) is 1.18. The third-order valence-electron chi connectivity index (χ3n) is 4.99. The van der Waals surface area contributed by atoms with E-state index in [9.17, 15) is 9.18 Å². The monoisotopic (exact) mass is 421 g/mol. The Morgan fingerprint density at radius 2 is 1.94 bits per heavy atom. The van der Waals surface area contributed by atoms with E-state index in [2.05, 4.69) is 25.5 Å². The quantitative estimate of drug-likeness (QED) is 0.602. The molecule has 1 aliphatic heterocycles. The summed E-state index contributed by atoms with van der Waals surface area (Å²) >= 11 is 0. The second-order valence-corrected chi connectivity index (χ2v) is 7.29. The largest absolute Gasteiger partial charge is 0.439 e. The molecule has 31 heavy (non-hydrogen) atoms. The van der Waals surface area contributed by atoms with Gasteiger partial charge in [0.1, 0.15) is 17.4 Å². The molecule has 1 aromatic carbocycles. The fourth-order valence-electron chi connectivity index (χ4n) is 3.41. The molecule has 7 nitrogen and oxygen atoms in total. The number of ether oxygens (including phenoxy) is 1. The Kier molecular flexibility index (Phi) is 6.56. The van der Waals surface area contributed by atoms with E-state index in [0.29, 0.717) is 22.9 Å². The number of anilines is 2. The van der Waals surface area contributed by atoms with Crippen molar-refractivity contribution in [3.8, 4) is 11.6 Å². The minimum atomic E-state index is -0.396. The second kappa shape index (κ2) is 9.88. The van der Waals surface area contributed by atoms with E-state index in [0.717, 1.165) is 18.9 Å². The lowest BCUT2D eigenvalue weighted by molar-refractivity contribution is 0.251. The number of nitrogens with one attached hydrogen (secondary N) is 2. The molecule has 3 aromatic rings. The molecule has 2 amide bonds. The molecular formula is C23H24FN5O2. The molecule has 1 aliphatic rings. The van der Waals surface area contributed by atoms with Crippen molar-refractivity contribution in [1.82, 2.24) is 15.3 Å². The average molecular weight is 421 g/mol. The summed E-state index contributed by atoms with van der Waals surface area (Å²) in [7, 11) is 0. The van der Waals surface area contributed by atoms with Gasteiger partial charge in [-0.15, -0.1) is 0 Å². The number of benzene rings is 1. The van der Waals surface area contributed by atoms with Crippen LogP contribution in [0.15, 0.2) is 60.9 Å². The van der Waals surface area contributed by atoms with Gasteiger partial charge in [-0.3, -0.25) is 0 Å². The number of hydrogen-bond acceptors (Lipinski definition) is 5. The van der Waals surface area contributed by atoms with Gasteiger partial charge in [-0.05, 0) is 49.6 Å². The first-order valence-electron chi connectivity index (χ1n) is 10.3. The minimum absolute atomic E-state index is 0.198. The highest BCUT2D eigenvalue weighted by molar-refractivity contribution is 5.89. The van der Waals surface area contributed by atoms with E-state index in [-0.39, 0.29) is 12.6 Å². The molecule has 160 valence electrons. The fourth-order valence-corrected chi connectivity index (χ4v) is 3.41. The fraction of sp³-hybridized carbons (Fsp3) is 0.261. The van der Waals surface area contributed by atoms with Gasteiger partial charge in [0, 0.05) is 37.5 Å². The summed E-state index contributed by atoms with van der Waals surface area (Å²) in [5.41, 5.74) is 1.28. The predicted octanol–water partition coefficient (Wildman–Crippen LogP) is 4.72. The van der Waals surface area contributed by atoms with Crippen LogP contribution in [-0.4, -0.2) is 29.1 Å². The summed E-state index contributed by atoms with van der Waals surface area (Å²) in [5, 5.41) is 5.56. The van der Waals surface area contributed by atoms with Crippen LogP contribution in [-0.2, 0) is 6.54 Å². The maximum atomic E-state index is 13.4. The molecule has 0 atom stereocenters. The van der Waals surface area contributed by atoms with E-state index in [1.165, 1.54) is 31.4 Å². The highest BCUT2D eigenvalue weighted by atomic mass is 19.1. The van der Waals surface area contributed by atoms with Crippen molar-refractivity contribution in [2.75, 3.05) is 23.3 Å². The van der Waals surface area contributed by atoms with Gasteiger partial charge in [0.25, 0.3) is 0 Å². The van der Waals surface area contributed by atoms with Crippen molar-refractivity contribution in [1.29, 1.82) is 0 Å². The Balaban J connectivity index is 1.33. The molecule has 2 N–H and O–H groups in total. The number of amides is 2. The van der Waals surface area contributed by atoms with Gasteiger partial charge in [0.05, 0.1) is 11.9 Å². The zero-order chi connectivity index (χ0) is 21.5. The van der Waals surface area contributed by atoms with E-state index in [4.69, 9.17) is 4.74 Å². The van der Waals surface area contributed by atoms with Crippen LogP contribution in [0.3, 0.4) is 0 Å². The van der Waals surface area contributed by atoms with E-state index >= 15 is 0 Å². The first-order valence-corrected chi connectivity index (χ1v) is 10.3. The van der Waals surface area contributed by atoms with Crippen LogP contribution in [0.1, 0.15) is 24.8 Å². The Hall–Kier alpha value is -3.68. The van der Waals surface area contributed by atoms with Crippen LogP contribution in [0.2, 0.25) is 0 Å². The van der Waals surface area contributed by atoms with Crippen LogP contribution in [0, 0.1) is 5.82 Å². The van der Waals surface area contributed by atoms with Crippen LogP contribution in [0.4, 0.5) is 20.7 Å². The first kappa shape index (κ1) is 20.6. The maximum absolute atomic E-state index is 13.4. The van der Waals surface area contributed by atoms with Crippen molar-refractivity contribution in [3.63, 3.8) is 0 Å². The summed E-state index contributed by atoms with van der Waals surface area (Å²) < 4.78 is 19.1. The topological polar surface area (TPSA) is 79.4 Å². The zero-order valence-corrected chi connectivity index (χ0v) is 17.1. The van der Waals surface area contributed by atoms with E-state index in [1.54, 1.807) is 36.7 Å². The highest BCUT2D eigenvalue weighted by Gasteiger charge is 2.12. The number of hydrogen-bond donors (Lipinski definition) is 2. The van der Waals surface area contributed by atoms with Gasteiger partial charge in [0.2, 0.25) is 5.88 Å². The lowest BCUT2D eigenvalue weighted by Crippen LogP contribution is -2.30. The summed E-state index contributed by atoms with van der Waals surface area (Å²) in [6.07, 6.45) is 6.87. The zero-order valence-electron chi connectivity index (χ0n) is 17.1. The molecule has 1 fully saturated rings. The molecule has 4 rings (SSSR count). The Labute approximate surface area is 180 Å². The van der Waals surface area contributed by atoms with Gasteiger partial charge in [-0.2, -0.15) is 0 Å². The van der Waals surface area contributed by atoms with Gasteiger partial charge in [0.15, 0.2) is 0 Å². The number of piperidine rings is 1. The van der Waals surface area contributed by atoms with Crippen molar-refractivity contribution >= 4 is 17.5 Å². The van der Waals surface area contributed by atoms with Crippen LogP contribution >= 0.6 is 0 Å². The SMILES string of the molecule is O=C(NCc1cccnc1Oc1cccc(F)c1)Nc1ccc(N2CCCCC2)nc1. The third kappa shape index (κ3) is 5.69. The number of halogens is 1. The number of carbonyl (C=O) groups excluding carboxylic acids is 1. The van der Waals surface area contributed by atoms with Crippen LogP contribution in [0.5, 0.6) is 11.6 Å². The van der Waals surface area contributed by atoms with Gasteiger partial charge < -0.3 is 20.3 Å². The van der Waals surface area contributed by atoms with Gasteiger partial charge in [-0.25, -0.2) is 19.2 Å². The molecule has 0 aliphatic carbocycles. The number of rotatable bonds is 6. The number of aromatic nitrogens is 2. The predicted molar refractivity (Wildman–Crippen MR) is 117 cm³/mol. The maximum Gasteiger partial charge on any atom is 0.319 e. The smallest absolute Gasteiger partial charge is 0.319 e. The molecule has 0 spiro atoms. The Morgan fingerprint density at radius 1 is 1.06 bits per heavy atom. The van der Waals surface area contributed by atoms with Crippen molar-refractivity contribution in [3.05, 3.63) is 72.3 Å². The lowest BCUT2D eigenvalue weighted by atomic mass is 10.1. The number of carbonyl (C=O) groups is 1. The van der Waals surface area contributed by atoms with Crippen LogP contribution in [0.25, 0.3) is 0 Å². The molecule has 0 bridgehead atoms. The third-order valence-corrected chi connectivity index (χ3v) is 4.99. The van der Waals surface area contributed by atoms with E-state index in [1.807, 2.05) is 12.1 Å². The average Bonchev–Trinajstić information content (AvgIpc) is 2.80. The summed E-state index contributed by atoms with van der Waals surface area (Å²) in [6, 6.07) is 12.8. The lowest BCUT2D eigenvalue weighted by Gasteiger charge is -2.27. The highest BCUT2D eigenvalue weighted by Crippen LogP contribution is 2.23. The second-order valence-electron chi connectivity index (χ2n) is 7.29. The Bertz CT molecular complexity index is 1020. The van der Waals surface area contributed by atoms with Gasteiger partial charge >= 0.3 is 6.03 Å². The van der Waals surface area contributed by atoms with E-state index < -0.39 is 5.82 Å². The van der Waals surface area contributed by atoms with Gasteiger partial charge in [-0.1, -0.05) is 12.1 Å². The number of urea groups is 1. The molecule has 0 unspecified atom stereocenters. The molecule has 0 radical (unpaired) electrons. The minimum Gasteiger partial charge on any atom is -0.439 e. The molecule has 3 heterocycles. The molecule has 8 heteroatoms. The van der Waals surface area contributed by atoms with Crippen molar-refractivity contribution in [2.45, 2.75) is 25.8 Å².